The first-order chi connectivity index (χ1) is 12.6. The maximum Gasteiger partial charge on any atom is 0.276 e. The van der Waals surface area contributed by atoms with E-state index in [1.54, 1.807) is 29.9 Å². The van der Waals surface area contributed by atoms with Crippen molar-refractivity contribution in [3.63, 3.8) is 0 Å². The van der Waals surface area contributed by atoms with Crippen LogP contribution in [0.25, 0.3) is 21.9 Å². The average molecular weight is 349 g/mol. The first-order valence-corrected chi connectivity index (χ1v) is 7.95. The Labute approximate surface area is 148 Å². The maximum atomic E-state index is 11.2. The van der Waals surface area contributed by atoms with Crippen molar-refractivity contribution in [1.29, 1.82) is 0 Å². The second kappa shape index (κ2) is 5.99. The van der Waals surface area contributed by atoms with E-state index in [9.17, 15) is 10.1 Å². The molecule has 2 aromatic heterocycles. The molecule has 0 fully saturated rings. The molecule has 8 heteroatoms. The van der Waals surface area contributed by atoms with Crippen LogP contribution in [0.15, 0.2) is 48.5 Å². The van der Waals surface area contributed by atoms with Crippen LogP contribution in [-0.4, -0.2) is 19.6 Å². The minimum atomic E-state index is -0.422. The molecule has 4 aromatic rings. The molecule has 2 aromatic carbocycles. The van der Waals surface area contributed by atoms with Crippen molar-refractivity contribution in [2.45, 2.75) is 13.5 Å². The van der Waals surface area contributed by atoms with Gasteiger partial charge in [-0.1, -0.05) is 30.3 Å². The Morgan fingerprint density at radius 3 is 2.69 bits per heavy atom. The molecular weight excluding hydrogens is 334 g/mol. The van der Waals surface area contributed by atoms with Gasteiger partial charge in [-0.25, -0.2) is 9.97 Å². The van der Waals surface area contributed by atoms with Gasteiger partial charge in [-0.2, -0.15) is 4.73 Å². The van der Waals surface area contributed by atoms with E-state index in [-0.39, 0.29) is 12.3 Å². The summed E-state index contributed by atoms with van der Waals surface area (Å²) in [6, 6.07) is 14.0. The van der Waals surface area contributed by atoms with Crippen molar-refractivity contribution in [2.24, 2.45) is 0 Å². The molecule has 4 rings (SSSR count). The minimum absolute atomic E-state index is 0.0145. The summed E-state index contributed by atoms with van der Waals surface area (Å²) in [6.07, 6.45) is 0. The van der Waals surface area contributed by atoms with Crippen LogP contribution in [0.3, 0.4) is 0 Å². The number of aromatic nitrogens is 3. The van der Waals surface area contributed by atoms with E-state index < -0.39 is 4.92 Å². The summed E-state index contributed by atoms with van der Waals surface area (Å²) in [5.74, 6) is 0.901. The van der Waals surface area contributed by atoms with Crippen LogP contribution in [0.2, 0.25) is 0 Å². The highest BCUT2D eigenvalue weighted by atomic mass is 16.7. The number of benzene rings is 2. The largest absolute Gasteiger partial charge is 0.407 e. The quantitative estimate of drug-likeness (QED) is 0.448. The Morgan fingerprint density at radius 1 is 1.15 bits per heavy atom. The third-order valence-corrected chi connectivity index (χ3v) is 4.18. The van der Waals surface area contributed by atoms with Gasteiger partial charge >= 0.3 is 0 Å². The number of nitrogen functional groups attached to an aromatic ring is 1. The van der Waals surface area contributed by atoms with Crippen molar-refractivity contribution in [1.82, 2.24) is 14.7 Å². The number of nitro benzene ring substituents is 1. The van der Waals surface area contributed by atoms with Gasteiger partial charge in [-0.3, -0.25) is 10.1 Å². The molecule has 0 spiro atoms. The fraction of sp³-hybridized carbons (Fsp3) is 0.111. The molecule has 2 heterocycles. The standard InChI is InChI=1S/C18H15N5O3/c1-11-20-16-17(13-7-3-4-8-14(13)21-18(16)19)22(11)26-10-12-6-2-5-9-15(12)23(24)25/h2-9H,10H2,1H3,(H2,19,21). The highest BCUT2D eigenvalue weighted by Gasteiger charge is 2.18. The number of nitro groups is 1. The third kappa shape index (κ3) is 2.48. The predicted octanol–water partition coefficient (Wildman–Crippen LogP) is 3.01. The Hall–Kier alpha value is -3.68. The Morgan fingerprint density at radius 2 is 1.88 bits per heavy atom. The molecule has 8 nitrogen and oxygen atoms in total. The summed E-state index contributed by atoms with van der Waals surface area (Å²) in [6.45, 7) is 1.81. The first-order valence-electron chi connectivity index (χ1n) is 7.95. The summed E-state index contributed by atoms with van der Waals surface area (Å²) in [5.41, 5.74) is 8.51. The van der Waals surface area contributed by atoms with E-state index in [1.165, 1.54) is 6.07 Å². The molecule has 0 amide bonds. The molecule has 2 N–H and O–H groups in total. The van der Waals surface area contributed by atoms with Gasteiger partial charge in [0.2, 0.25) is 0 Å². The van der Waals surface area contributed by atoms with Crippen LogP contribution in [0.1, 0.15) is 11.4 Å². The van der Waals surface area contributed by atoms with Gasteiger partial charge in [0.15, 0.2) is 5.82 Å². The van der Waals surface area contributed by atoms with Gasteiger partial charge in [0.25, 0.3) is 5.69 Å². The molecule has 0 aliphatic carbocycles. The molecule has 0 aliphatic rings. The molecule has 0 unspecified atom stereocenters. The van der Waals surface area contributed by atoms with Gasteiger partial charge in [0.05, 0.1) is 16.0 Å². The van der Waals surface area contributed by atoms with Gasteiger partial charge in [0.1, 0.15) is 23.5 Å². The maximum absolute atomic E-state index is 11.2. The van der Waals surface area contributed by atoms with Crippen molar-refractivity contribution >= 4 is 33.4 Å². The molecular formula is C18H15N5O3. The van der Waals surface area contributed by atoms with E-state index in [4.69, 9.17) is 10.6 Å². The summed E-state index contributed by atoms with van der Waals surface area (Å²) in [7, 11) is 0. The van der Waals surface area contributed by atoms with E-state index in [0.29, 0.717) is 28.2 Å². The molecule has 0 atom stereocenters. The normalized spacial score (nSPS) is 11.1. The van der Waals surface area contributed by atoms with E-state index in [1.807, 2.05) is 24.3 Å². The summed E-state index contributed by atoms with van der Waals surface area (Å²) in [5, 5.41) is 12.0. The molecule has 0 saturated heterocycles. The van der Waals surface area contributed by atoms with E-state index in [2.05, 4.69) is 9.97 Å². The summed E-state index contributed by atoms with van der Waals surface area (Å²) < 4.78 is 1.56. The summed E-state index contributed by atoms with van der Waals surface area (Å²) >= 11 is 0. The number of fused-ring (bicyclic) bond motifs is 3. The highest BCUT2D eigenvalue weighted by Crippen LogP contribution is 2.28. The number of imidazole rings is 1. The van der Waals surface area contributed by atoms with Crippen LogP contribution in [0, 0.1) is 17.0 Å². The molecule has 26 heavy (non-hydrogen) atoms. The number of hydrogen-bond donors (Lipinski definition) is 1. The van der Waals surface area contributed by atoms with E-state index >= 15 is 0 Å². The van der Waals surface area contributed by atoms with Gasteiger partial charge in [-0.05, 0) is 19.1 Å². The Bertz CT molecular complexity index is 1150. The van der Waals surface area contributed by atoms with Crippen LogP contribution in [0.4, 0.5) is 11.5 Å². The monoisotopic (exact) mass is 349 g/mol. The SMILES string of the molecule is Cc1nc2c(N)nc3ccccc3c2n1OCc1ccccc1[N+](=O)[O-]. The second-order valence-corrected chi connectivity index (χ2v) is 5.82. The molecule has 0 bridgehead atoms. The first kappa shape index (κ1) is 15.8. The molecule has 0 radical (unpaired) electrons. The third-order valence-electron chi connectivity index (χ3n) is 4.18. The smallest absolute Gasteiger partial charge is 0.276 e. The van der Waals surface area contributed by atoms with Gasteiger partial charge < -0.3 is 10.6 Å². The molecule has 130 valence electrons. The minimum Gasteiger partial charge on any atom is -0.407 e. The molecule has 0 saturated carbocycles. The van der Waals surface area contributed by atoms with Crippen LogP contribution in [0.5, 0.6) is 0 Å². The number of nitrogens with zero attached hydrogens (tertiary/aromatic N) is 4. The zero-order valence-electron chi connectivity index (χ0n) is 13.9. The fourth-order valence-electron chi connectivity index (χ4n) is 2.99. The van der Waals surface area contributed by atoms with Gasteiger partial charge in [0, 0.05) is 11.5 Å². The Balaban J connectivity index is 1.83. The lowest BCUT2D eigenvalue weighted by molar-refractivity contribution is -0.385. The average Bonchev–Trinajstić information content (AvgIpc) is 2.97. The summed E-state index contributed by atoms with van der Waals surface area (Å²) in [4.78, 5) is 25.5. The number of aryl methyl sites for hydroxylation is 1. The zero-order valence-corrected chi connectivity index (χ0v) is 13.9. The number of nitrogens with two attached hydrogens (primary N) is 1. The number of hydrogen-bond acceptors (Lipinski definition) is 6. The Kier molecular flexibility index (Phi) is 3.65. The second-order valence-electron chi connectivity index (χ2n) is 5.82. The van der Waals surface area contributed by atoms with Crippen molar-refractivity contribution in [3.05, 3.63) is 70.0 Å². The lowest BCUT2D eigenvalue weighted by atomic mass is 10.2. The highest BCUT2D eigenvalue weighted by molar-refractivity contribution is 6.06. The number of pyridine rings is 1. The zero-order chi connectivity index (χ0) is 18.3. The van der Waals surface area contributed by atoms with Crippen LogP contribution in [-0.2, 0) is 6.61 Å². The van der Waals surface area contributed by atoms with Crippen LogP contribution >= 0.6 is 0 Å². The van der Waals surface area contributed by atoms with Crippen molar-refractivity contribution < 1.29 is 9.76 Å². The predicted molar refractivity (Wildman–Crippen MR) is 97.6 cm³/mol. The van der Waals surface area contributed by atoms with Crippen molar-refractivity contribution in [2.75, 3.05) is 5.73 Å². The van der Waals surface area contributed by atoms with Crippen molar-refractivity contribution in [3.8, 4) is 0 Å². The van der Waals surface area contributed by atoms with Crippen LogP contribution < -0.4 is 10.6 Å². The number of anilines is 1. The molecule has 0 aliphatic heterocycles. The fourth-order valence-corrected chi connectivity index (χ4v) is 2.99. The number of para-hydroxylation sites is 2. The lowest BCUT2D eigenvalue weighted by Gasteiger charge is -2.11. The topological polar surface area (TPSA) is 109 Å². The number of rotatable bonds is 4. The lowest BCUT2D eigenvalue weighted by Crippen LogP contribution is -2.14. The van der Waals surface area contributed by atoms with E-state index in [0.717, 1.165) is 10.9 Å². The van der Waals surface area contributed by atoms with Gasteiger partial charge in [-0.15, -0.1) is 0 Å².